The second-order valence-electron chi connectivity index (χ2n) is 4.70. The first-order valence-corrected chi connectivity index (χ1v) is 6.37. The highest BCUT2D eigenvalue weighted by Gasteiger charge is 2.12. The summed E-state index contributed by atoms with van der Waals surface area (Å²) in [5, 5.41) is 11.3. The monoisotopic (exact) mass is 280 g/mol. The lowest BCUT2D eigenvalue weighted by atomic mass is 10.1. The van der Waals surface area contributed by atoms with Crippen molar-refractivity contribution in [2.75, 3.05) is 19.4 Å². The lowest BCUT2D eigenvalue weighted by Crippen LogP contribution is -2.29. The molecule has 6 nitrogen and oxygen atoms in total. The highest BCUT2D eigenvalue weighted by molar-refractivity contribution is 5.99. The van der Waals surface area contributed by atoms with Gasteiger partial charge in [0.1, 0.15) is 5.75 Å². The summed E-state index contributed by atoms with van der Waals surface area (Å²) in [6.45, 7) is 2.29. The first kappa shape index (κ1) is 15.8. The zero-order valence-corrected chi connectivity index (χ0v) is 11.7. The van der Waals surface area contributed by atoms with Crippen molar-refractivity contribution in [1.82, 2.24) is 5.32 Å². The summed E-state index contributed by atoms with van der Waals surface area (Å²) >= 11 is 0. The lowest BCUT2D eigenvalue weighted by molar-refractivity contribution is -0.137. The molecule has 1 atom stereocenters. The first-order valence-electron chi connectivity index (χ1n) is 6.37. The van der Waals surface area contributed by atoms with Crippen LogP contribution in [0.1, 0.15) is 30.1 Å². The molecule has 6 heteroatoms. The number of carbonyl (C=O) groups is 2. The van der Waals surface area contributed by atoms with Crippen molar-refractivity contribution >= 4 is 17.6 Å². The molecule has 1 unspecified atom stereocenters. The average Bonchev–Trinajstić information content (AvgIpc) is 2.43. The number of carboxylic acids is 1. The molecule has 0 aliphatic rings. The number of carboxylic acid groups (broad SMARTS) is 1. The smallest absolute Gasteiger partial charge is 0.303 e. The third kappa shape index (κ3) is 4.79. The summed E-state index contributed by atoms with van der Waals surface area (Å²) in [7, 11) is 1.52. The molecule has 4 N–H and O–H groups in total. The number of benzene rings is 1. The van der Waals surface area contributed by atoms with Gasteiger partial charge in [0.25, 0.3) is 5.91 Å². The number of nitrogens with two attached hydrogens (primary N) is 1. The second-order valence-corrected chi connectivity index (χ2v) is 4.70. The molecule has 1 aromatic rings. The molecule has 1 rings (SSSR count). The highest BCUT2D eigenvalue weighted by atomic mass is 16.5. The highest BCUT2D eigenvalue weighted by Crippen LogP contribution is 2.19. The molecule has 0 aromatic heterocycles. The van der Waals surface area contributed by atoms with Crippen LogP contribution in [0.5, 0.6) is 5.75 Å². The summed E-state index contributed by atoms with van der Waals surface area (Å²) in [5.74, 6) is -0.478. The van der Waals surface area contributed by atoms with E-state index in [9.17, 15) is 9.59 Å². The van der Waals surface area contributed by atoms with Crippen molar-refractivity contribution in [3.8, 4) is 5.75 Å². The maximum atomic E-state index is 12.0. The van der Waals surface area contributed by atoms with Crippen LogP contribution in [0.15, 0.2) is 18.2 Å². The summed E-state index contributed by atoms with van der Waals surface area (Å²) in [4.78, 5) is 22.5. The van der Waals surface area contributed by atoms with E-state index in [-0.39, 0.29) is 18.2 Å². The molecule has 0 radical (unpaired) electrons. The summed E-state index contributed by atoms with van der Waals surface area (Å²) in [5.41, 5.74) is 6.49. The standard InChI is InChI=1S/C14H20N2O4/c1-9(3-6-13(17)18)8-16-14(19)11-7-10(20-2)4-5-12(11)15/h4-5,7,9H,3,6,8,15H2,1-2H3,(H,16,19)(H,17,18). The Morgan fingerprint density at radius 3 is 2.75 bits per heavy atom. The fraction of sp³-hybridized carbons (Fsp3) is 0.429. The molecule has 1 aromatic carbocycles. The van der Waals surface area contributed by atoms with Crippen molar-refractivity contribution in [3.05, 3.63) is 23.8 Å². The molecule has 0 saturated heterocycles. The van der Waals surface area contributed by atoms with Gasteiger partial charge in [-0.25, -0.2) is 0 Å². The fourth-order valence-corrected chi connectivity index (χ4v) is 1.69. The van der Waals surface area contributed by atoms with Crippen LogP contribution in [0.4, 0.5) is 5.69 Å². The predicted molar refractivity (Wildman–Crippen MR) is 75.8 cm³/mol. The van der Waals surface area contributed by atoms with Crippen molar-refractivity contribution in [1.29, 1.82) is 0 Å². The van der Waals surface area contributed by atoms with Gasteiger partial charge >= 0.3 is 5.97 Å². The number of carbonyl (C=O) groups excluding carboxylic acids is 1. The van der Waals surface area contributed by atoms with Gasteiger partial charge in [0.2, 0.25) is 0 Å². The number of anilines is 1. The largest absolute Gasteiger partial charge is 0.497 e. The van der Waals surface area contributed by atoms with Gasteiger partial charge < -0.3 is 20.9 Å². The molecule has 0 spiro atoms. The van der Waals surface area contributed by atoms with Crippen molar-refractivity contribution in [2.45, 2.75) is 19.8 Å². The number of nitrogen functional groups attached to an aromatic ring is 1. The first-order chi connectivity index (χ1) is 9.43. The van der Waals surface area contributed by atoms with Crippen LogP contribution in [0, 0.1) is 5.92 Å². The van der Waals surface area contributed by atoms with Crippen molar-refractivity contribution in [3.63, 3.8) is 0 Å². The van der Waals surface area contributed by atoms with E-state index in [1.807, 2.05) is 6.92 Å². The average molecular weight is 280 g/mol. The van der Waals surface area contributed by atoms with Crippen LogP contribution in [-0.4, -0.2) is 30.6 Å². The molecule has 0 saturated carbocycles. The maximum Gasteiger partial charge on any atom is 0.303 e. The van der Waals surface area contributed by atoms with Crippen molar-refractivity contribution in [2.24, 2.45) is 5.92 Å². The zero-order valence-electron chi connectivity index (χ0n) is 11.7. The van der Waals surface area contributed by atoms with E-state index in [1.165, 1.54) is 7.11 Å². The van der Waals surface area contributed by atoms with Crippen LogP contribution < -0.4 is 15.8 Å². The zero-order chi connectivity index (χ0) is 15.1. The number of aliphatic carboxylic acids is 1. The Kier molecular flexibility index (Phi) is 5.83. The topological polar surface area (TPSA) is 102 Å². The number of nitrogens with one attached hydrogen (secondary N) is 1. The van der Waals surface area contributed by atoms with E-state index in [1.54, 1.807) is 18.2 Å². The quantitative estimate of drug-likeness (QED) is 0.657. The summed E-state index contributed by atoms with van der Waals surface area (Å²) < 4.78 is 5.05. The van der Waals surface area contributed by atoms with Crippen LogP contribution >= 0.6 is 0 Å². The number of hydrogen-bond acceptors (Lipinski definition) is 4. The maximum absolute atomic E-state index is 12.0. The fourth-order valence-electron chi connectivity index (χ4n) is 1.69. The van der Waals surface area contributed by atoms with Crippen molar-refractivity contribution < 1.29 is 19.4 Å². The van der Waals surface area contributed by atoms with Gasteiger partial charge in [0.05, 0.1) is 12.7 Å². The Hall–Kier alpha value is -2.24. The third-order valence-corrected chi connectivity index (χ3v) is 2.97. The number of amides is 1. The minimum atomic E-state index is -0.833. The molecular formula is C14H20N2O4. The number of methoxy groups -OCH3 is 1. The van der Waals surface area contributed by atoms with Gasteiger partial charge in [-0.15, -0.1) is 0 Å². The van der Waals surface area contributed by atoms with E-state index in [2.05, 4.69) is 5.32 Å². The SMILES string of the molecule is COc1ccc(N)c(C(=O)NCC(C)CCC(=O)O)c1. The molecular weight excluding hydrogens is 260 g/mol. The van der Waals surface area contributed by atoms with Gasteiger partial charge in [-0.3, -0.25) is 9.59 Å². The Morgan fingerprint density at radius 1 is 1.45 bits per heavy atom. The van der Waals surface area contributed by atoms with Gasteiger partial charge in [-0.2, -0.15) is 0 Å². The molecule has 0 aliphatic carbocycles. The molecule has 0 bridgehead atoms. The number of rotatable bonds is 7. The van der Waals surface area contributed by atoms with E-state index < -0.39 is 5.97 Å². The Bertz CT molecular complexity index is 488. The molecule has 110 valence electrons. The van der Waals surface area contributed by atoms with Gasteiger partial charge in [-0.1, -0.05) is 6.92 Å². The van der Waals surface area contributed by atoms with E-state index >= 15 is 0 Å². The Labute approximate surface area is 117 Å². The van der Waals surface area contributed by atoms with E-state index in [0.717, 1.165) is 0 Å². The van der Waals surface area contributed by atoms with Crippen LogP contribution in [0.25, 0.3) is 0 Å². The predicted octanol–water partition coefficient (Wildman–Crippen LogP) is 1.51. The van der Waals surface area contributed by atoms with Gasteiger partial charge in [-0.05, 0) is 30.5 Å². The molecule has 20 heavy (non-hydrogen) atoms. The third-order valence-electron chi connectivity index (χ3n) is 2.97. The minimum Gasteiger partial charge on any atom is -0.497 e. The van der Waals surface area contributed by atoms with E-state index in [0.29, 0.717) is 30.0 Å². The summed E-state index contributed by atoms with van der Waals surface area (Å²) in [6.07, 6.45) is 0.613. The normalized spacial score (nSPS) is 11.7. The van der Waals surface area contributed by atoms with Crippen LogP contribution in [-0.2, 0) is 4.79 Å². The van der Waals surface area contributed by atoms with Crippen LogP contribution in [0.2, 0.25) is 0 Å². The number of hydrogen-bond donors (Lipinski definition) is 3. The van der Waals surface area contributed by atoms with Gasteiger partial charge in [0.15, 0.2) is 0 Å². The van der Waals surface area contributed by atoms with E-state index in [4.69, 9.17) is 15.6 Å². The molecule has 0 fully saturated rings. The van der Waals surface area contributed by atoms with Crippen LogP contribution in [0.3, 0.4) is 0 Å². The minimum absolute atomic E-state index is 0.0851. The molecule has 0 aliphatic heterocycles. The molecule has 1 amide bonds. The lowest BCUT2D eigenvalue weighted by Gasteiger charge is -2.13. The number of ether oxygens (including phenoxy) is 1. The Balaban J connectivity index is 2.56. The van der Waals surface area contributed by atoms with Gasteiger partial charge in [0, 0.05) is 18.7 Å². The Morgan fingerprint density at radius 2 is 2.15 bits per heavy atom. The second kappa shape index (κ2) is 7.37. The molecule has 0 heterocycles. The summed E-state index contributed by atoms with van der Waals surface area (Å²) in [6, 6.07) is 4.87.